The molecule has 0 bridgehead atoms. The van der Waals surface area contributed by atoms with Gasteiger partial charge in [0.15, 0.2) is 0 Å². The smallest absolute Gasteiger partial charge is 0.294 e. The van der Waals surface area contributed by atoms with Crippen molar-refractivity contribution in [2.75, 3.05) is 0 Å². The van der Waals surface area contributed by atoms with Crippen molar-refractivity contribution in [3.8, 4) is 6.07 Å². The number of fused-ring (bicyclic) bond motifs is 1. The number of thioether (sulfide) groups is 1. The highest BCUT2D eigenvalue weighted by Gasteiger charge is 2.37. The number of benzene rings is 1. The van der Waals surface area contributed by atoms with Crippen molar-refractivity contribution >= 4 is 39.9 Å². The first-order valence-corrected chi connectivity index (χ1v) is 8.23. The molecule has 1 atom stereocenters. The molecule has 0 N–H and O–H groups in total. The zero-order chi connectivity index (χ0) is 17.3. The average molecular weight is 337 g/mol. The number of hydrogen-bond donors (Lipinski definition) is 0. The summed E-state index contributed by atoms with van der Waals surface area (Å²) in [7, 11) is 0. The monoisotopic (exact) mass is 337 g/mol. The lowest BCUT2D eigenvalue weighted by atomic mass is 10.1. The van der Waals surface area contributed by atoms with Gasteiger partial charge in [0, 0.05) is 22.7 Å². The van der Waals surface area contributed by atoms with E-state index in [9.17, 15) is 9.59 Å². The standard InChI is InChI=1S/C18H15N3O2S/c1-3-12(2)21-17(22)16(24-18(21)23)10-13-11-20(9-8-19)15-7-5-4-6-14(13)15/h3-7,10-12H,1,9H2,2H3/b16-10-/t12-/m1/s1. The Bertz CT molecular complexity index is 920. The van der Waals surface area contributed by atoms with E-state index in [0.717, 1.165) is 28.2 Å². The molecule has 1 saturated heterocycles. The van der Waals surface area contributed by atoms with Crippen LogP contribution in [-0.4, -0.2) is 26.7 Å². The van der Waals surface area contributed by atoms with Crippen molar-refractivity contribution in [3.05, 3.63) is 53.6 Å². The lowest BCUT2D eigenvalue weighted by molar-refractivity contribution is -0.123. The Balaban J connectivity index is 2.05. The molecular formula is C18H15N3O2S. The van der Waals surface area contributed by atoms with Crippen molar-refractivity contribution in [3.63, 3.8) is 0 Å². The van der Waals surface area contributed by atoms with E-state index in [-0.39, 0.29) is 23.7 Å². The molecule has 2 heterocycles. The van der Waals surface area contributed by atoms with Crippen LogP contribution >= 0.6 is 11.8 Å². The predicted octanol–water partition coefficient (Wildman–Crippen LogP) is 3.78. The van der Waals surface area contributed by atoms with Gasteiger partial charge >= 0.3 is 0 Å². The summed E-state index contributed by atoms with van der Waals surface area (Å²) in [4.78, 5) is 26.2. The van der Waals surface area contributed by atoms with Crippen molar-refractivity contribution in [1.82, 2.24) is 9.47 Å². The van der Waals surface area contributed by atoms with Gasteiger partial charge in [-0.3, -0.25) is 14.5 Å². The fraction of sp³-hybridized carbons (Fsp3) is 0.167. The van der Waals surface area contributed by atoms with Crippen LogP contribution in [0.3, 0.4) is 0 Å². The number of para-hydroxylation sites is 1. The summed E-state index contributed by atoms with van der Waals surface area (Å²) in [5.41, 5.74) is 1.74. The number of rotatable bonds is 4. The largest absolute Gasteiger partial charge is 0.333 e. The normalized spacial score (nSPS) is 17.5. The fourth-order valence-corrected chi connectivity index (χ4v) is 3.58. The highest BCUT2D eigenvalue weighted by molar-refractivity contribution is 8.18. The van der Waals surface area contributed by atoms with Gasteiger partial charge in [0.05, 0.1) is 17.0 Å². The highest BCUT2D eigenvalue weighted by Crippen LogP contribution is 2.35. The van der Waals surface area contributed by atoms with Gasteiger partial charge in [0.1, 0.15) is 6.54 Å². The number of carbonyl (C=O) groups excluding carboxylic acids is 2. The van der Waals surface area contributed by atoms with Crippen molar-refractivity contribution in [2.45, 2.75) is 19.5 Å². The third kappa shape index (κ3) is 2.63. The maximum absolute atomic E-state index is 12.5. The first-order chi connectivity index (χ1) is 11.6. The van der Waals surface area contributed by atoms with Crippen LogP contribution in [-0.2, 0) is 11.3 Å². The molecule has 24 heavy (non-hydrogen) atoms. The summed E-state index contributed by atoms with van der Waals surface area (Å²) in [5, 5.41) is 9.62. The summed E-state index contributed by atoms with van der Waals surface area (Å²) in [6, 6.07) is 9.45. The van der Waals surface area contributed by atoms with Crippen LogP contribution in [0, 0.1) is 11.3 Å². The molecule has 1 aliphatic heterocycles. The van der Waals surface area contributed by atoms with Crippen LogP contribution < -0.4 is 0 Å². The molecule has 5 nitrogen and oxygen atoms in total. The number of hydrogen-bond acceptors (Lipinski definition) is 4. The maximum Gasteiger partial charge on any atom is 0.294 e. The fourth-order valence-electron chi connectivity index (χ4n) is 2.67. The minimum absolute atomic E-state index is 0.226. The van der Waals surface area contributed by atoms with Gasteiger partial charge < -0.3 is 4.57 Å². The second kappa shape index (κ2) is 6.38. The van der Waals surface area contributed by atoms with E-state index in [1.165, 1.54) is 4.90 Å². The van der Waals surface area contributed by atoms with Crippen LogP contribution in [0.15, 0.2) is 48.0 Å². The molecule has 0 aliphatic carbocycles. The second-order valence-corrected chi connectivity index (χ2v) is 6.41. The summed E-state index contributed by atoms with van der Waals surface area (Å²) in [5.74, 6) is -0.311. The first-order valence-electron chi connectivity index (χ1n) is 7.41. The van der Waals surface area contributed by atoms with Crippen molar-refractivity contribution in [1.29, 1.82) is 5.26 Å². The van der Waals surface area contributed by atoms with Gasteiger partial charge in [-0.1, -0.05) is 24.3 Å². The summed E-state index contributed by atoms with van der Waals surface area (Å²) < 4.78 is 1.83. The molecule has 0 unspecified atom stereocenters. The molecule has 1 aliphatic rings. The molecule has 1 aromatic heterocycles. The number of imide groups is 1. The Hall–Kier alpha value is -2.78. The van der Waals surface area contributed by atoms with Crippen molar-refractivity contribution < 1.29 is 9.59 Å². The van der Waals surface area contributed by atoms with Gasteiger partial charge in [0.2, 0.25) is 0 Å². The third-order valence-electron chi connectivity index (χ3n) is 3.92. The zero-order valence-corrected chi connectivity index (χ0v) is 13.9. The lowest BCUT2D eigenvalue weighted by Gasteiger charge is -2.17. The van der Waals surface area contributed by atoms with Gasteiger partial charge in [-0.25, -0.2) is 0 Å². The summed E-state index contributed by atoms with van der Waals surface area (Å²) >= 11 is 0.928. The zero-order valence-electron chi connectivity index (χ0n) is 13.1. The molecular weight excluding hydrogens is 322 g/mol. The van der Waals surface area contributed by atoms with E-state index in [2.05, 4.69) is 12.6 Å². The van der Waals surface area contributed by atoms with E-state index in [1.54, 1.807) is 19.1 Å². The van der Waals surface area contributed by atoms with Crippen LogP contribution in [0.4, 0.5) is 4.79 Å². The molecule has 6 heteroatoms. The molecule has 2 amide bonds. The second-order valence-electron chi connectivity index (χ2n) is 5.42. The molecule has 2 aromatic rings. The topological polar surface area (TPSA) is 66.1 Å². The van der Waals surface area contributed by atoms with Crippen LogP contribution in [0.2, 0.25) is 0 Å². The van der Waals surface area contributed by atoms with Crippen LogP contribution in [0.5, 0.6) is 0 Å². The van der Waals surface area contributed by atoms with Gasteiger partial charge in [-0.15, -0.1) is 6.58 Å². The minimum atomic E-state index is -0.344. The third-order valence-corrected chi connectivity index (χ3v) is 4.80. The quantitative estimate of drug-likeness (QED) is 0.629. The summed E-state index contributed by atoms with van der Waals surface area (Å²) in [6.07, 6.45) is 5.12. The Morgan fingerprint density at radius 1 is 1.38 bits per heavy atom. The highest BCUT2D eigenvalue weighted by atomic mass is 32.2. The molecule has 1 fully saturated rings. The molecule has 120 valence electrons. The Labute approximate surface area is 143 Å². The predicted molar refractivity (Wildman–Crippen MR) is 95.0 cm³/mol. The SMILES string of the molecule is C=C[C@@H](C)N1C(=O)S/C(=C\c2cn(CC#N)c3ccccc23)C1=O. The van der Waals surface area contributed by atoms with Crippen LogP contribution in [0.25, 0.3) is 17.0 Å². The molecule has 0 spiro atoms. The van der Waals surface area contributed by atoms with Crippen LogP contribution in [0.1, 0.15) is 12.5 Å². The molecule has 3 rings (SSSR count). The number of nitriles is 1. The minimum Gasteiger partial charge on any atom is -0.333 e. The van der Waals surface area contributed by atoms with Gasteiger partial charge in [-0.2, -0.15) is 5.26 Å². The molecule has 1 aromatic carbocycles. The van der Waals surface area contributed by atoms with E-state index < -0.39 is 0 Å². The number of carbonyl (C=O) groups is 2. The summed E-state index contributed by atoms with van der Waals surface area (Å²) in [6.45, 7) is 5.62. The Morgan fingerprint density at radius 2 is 2.12 bits per heavy atom. The number of nitrogens with zero attached hydrogens (tertiary/aromatic N) is 3. The van der Waals surface area contributed by atoms with Gasteiger partial charge in [-0.05, 0) is 30.8 Å². The number of aromatic nitrogens is 1. The molecule has 0 radical (unpaired) electrons. The van der Waals surface area contributed by atoms with Gasteiger partial charge in [0.25, 0.3) is 11.1 Å². The lowest BCUT2D eigenvalue weighted by Crippen LogP contribution is -2.35. The number of amides is 2. The Kier molecular flexibility index (Phi) is 4.28. The Morgan fingerprint density at radius 3 is 2.83 bits per heavy atom. The van der Waals surface area contributed by atoms with E-state index in [0.29, 0.717) is 4.91 Å². The van der Waals surface area contributed by atoms with E-state index in [1.807, 2.05) is 35.0 Å². The molecule has 0 saturated carbocycles. The van der Waals surface area contributed by atoms with E-state index in [4.69, 9.17) is 5.26 Å². The average Bonchev–Trinajstić information content (AvgIpc) is 3.06. The first kappa shape index (κ1) is 16.1. The van der Waals surface area contributed by atoms with Crippen molar-refractivity contribution in [2.24, 2.45) is 0 Å². The van der Waals surface area contributed by atoms with E-state index >= 15 is 0 Å². The maximum atomic E-state index is 12.5.